The van der Waals surface area contributed by atoms with E-state index in [0.29, 0.717) is 12.1 Å². The van der Waals surface area contributed by atoms with Crippen molar-refractivity contribution in [2.75, 3.05) is 6.54 Å². The van der Waals surface area contributed by atoms with E-state index in [1.807, 2.05) is 12.1 Å². The third-order valence-corrected chi connectivity index (χ3v) is 2.38. The molecule has 0 aliphatic carbocycles. The van der Waals surface area contributed by atoms with Crippen molar-refractivity contribution < 1.29 is 4.79 Å². The summed E-state index contributed by atoms with van der Waals surface area (Å²) >= 11 is 0. The molecule has 1 N–H and O–H groups in total. The molecule has 1 aromatic carbocycles. The van der Waals surface area contributed by atoms with Crippen molar-refractivity contribution in [1.82, 2.24) is 20.1 Å². The van der Waals surface area contributed by atoms with Gasteiger partial charge in [0.05, 0.1) is 13.1 Å². The highest BCUT2D eigenvalue weighted by Gasteiger charge is 2.04. The maximum absolute atomic E-state index is 11.6. The van der Waals surface area contributed by atoms with Gasteiger partial charge in [0.25, 0.3) is 5.91 Å². The largest absolute Gasteiger partial charge is 0.341 e. The van der Waals surface area contributed by atoms with Gasteiger partial charge in [0.15, 0.2) is 0 Å². The summed E-state index contributed by atoms with van der Waals surface area (Å²) in [4.78, 5) is 15.5. The predicted molar refractivity (Wildman–Crippen MR) is 66.7 cm³/mol. The van der Waals surface area contributed by atoms with E-state index >= 15 is 0 Å². The number of nitrogens with zero attached hydrogens (tertiary/aromatic N) is 3. The van der Waals surface area contributed by atoms with Gasteiger partial charge in [-0.2, -0.15) is 5.10 Å². The Kier molecular flexibility index (Phi) is 3.72. The summed E-state index contributed by atoms with van der Waals surface area (Å²) in [5, 5.41) is 6.62. The van der Waals surface area contributed by atoms with Crippen molar-refractivity contribution in [2.24, 2.45) is 0 Å². The van der Waals surface area contributed by atoms with Gasteiger partial charge < -0.3 is 5.32 Å². The molecule has 0 radical (unpaired) electrons. The number of nitrogens with one attached hydrogen (secondary N) is 1. The van der Waals surface area contributed by atoms with Crippen LogP contribution < -0.4 is 5.32 Å². The molecule has 18 heavy (non-hydrogen) atoms. The maximum atomic E-state index is 11.6. The summed E-state index contributed by atoms with van der Waals surface area (Å²) in [7, 11) is 0. The number of aromatic nitrogens is 3. The minimum absolute atomic E-state index is 0.166. The van der Waals surface area contributed by atoms with Crippen LogP contribution in [0.25, 0.3) is 0 Å². The first kappa shape index (κ1) is 11.9. The molecule has 2 aromatic rings. The molecule has 5 heteroatoms. The monoisotopic (exact) mass is 240 g/mol. The second kappa shape index (κ2) is 5.64. The van der Waals surface area contributed by atoms with Crippen molar-refractivity contribution in [3.63, 3.8) is 0 Å². The minimum atomic E-state index is -0.166. The molecule has 90 valence electrons. The Hall–Kier alpha value is -2.61. The molecule has 0 saturated carbocycles. The normalized spacial score (nSPS) is 9.72. The van der Waals surface area contributed by atoms with Crippen LogP contribution in [0, 0.1) is 12.3 Å². The first-order chi connectivity index (χ1) is 8.79. The van der Waals surface area contributed by atoms with E-state index in [1.54, 1.807) is 23.1 Å². The van der Waals surface area contributed by atoms with Gasteiger partial charge in [-0.15, -0.1) is 6.42 Å². The smallest absolute Gasteiger partial charge is 0.252 e. The molecule has 0 atom stereocenters. The van der Waals surface area contributed by atoms with E-state index in [1.165, 1.54) is 6.33 Å². The lowest BCUT2D eigenvalue weighted by atomic mass is 10.1. The predicted octanol–water partition coefficient (Wildman–Crippen LogP) is 0.689. The van der Waals surface area contributed by atoms with Crippen molar-refractivity contribution in [3.8, 4) is 12.3 Å². The van der Waals surface area contributed by atoms with Crippen molar-refractivity contribution in [2.45, 2.75) is 6.54 Å². The first-order valence-electron chi connectivity index (χ1n) is 5.42. The summed E-state index contributed by atoms with van der Waals surface area (Å²) in [5.41, 5.74) is 1.64. The average Bonchev–Trinajstić information content (AvgIpc) is 2.89. The van der Waals surface area contributed by atoms with Gasteiger partial charge in [-0.25, -0.2) is 9.67 Å². The number of terminal acetylenes is 1. The van der Waals surface area contributed by atoms with E-state index in [-0.39, 0.29) is 12.5 Å². The van der Waals surface area contributed by atoms with Crippen LogP contribution in [-0.4, -0.2) is 27.2 Å². The Bertz CT molecular complexity index is 552. The minimum Gasteiger partial charge on any atom is -0.341 e. The Morgan fingerprint density at radius 2 is 2.17 bits per heavy atom. The van der Waals surface area contributed by atoms with E-state index in [9.17, 15) is 4.79 Å². The lowest BCUT2D eigenvalue weighted by Crippen LogP contribution is -2.23. The Balaban J connectivity index is 2.01. The van der Waals surface area contributed by atoms with Crippen LogP contribution >= 0.6 is 0 Å². The first-order valence-corrected chi connectivity index (χ1v) is 5.42. The van der Waals surface area contributed by atoms with E-state index in [2.05, 4.69) is 21.3 Å². The number of hydrogen-bond acceptors (Lipinski definition) is 3. The standard InChI is InChI=1S/C13H12N4O/c1-2-7-15-13(18)12-5-3-11(4-6-12)8-17-10-14-9-16-17/h1,3-6,9-10H,7-8H2,(H,15,18). The summed E-state index contributed by atoms with van der Waals surface area (Å²) in [6, 6.07) is 7.29. The molecule has 0 spiro atoms. The van der Waals surface area contributed by atoms with Crippen LogP contribution in [0.4, 0.5) is 0 Å². The molecule has 5 nitrogen and oxygen atoms in total. The van der Waals surface area contributed by atoms with E-state index in [0.717, 1.165) is 5.56 Å². The highest BCUT2D eigenvalue weighted by Crippen LogP contribution is 2.05. The fourth-order valence-corrected chi connectivity index (χ4v) is 1.50. The molecular weight excluding hydrogens is 228 g/mol. The lowest BCUT2D eigenvalue weighted by molar-refractivity contribution is 0.0958. The number of rotatable bonds is 4. The van der Waals surface area contributed by atoms with Gasteiger partial charge in [-0.3, -0.25) is 4.79 Å². The number of benzene rings is 1. The summed E-state index contributed by atoms with van der Waals surface area (Å²) in [5.74, 6) is 2.19. The SMILES string of the molecule is C#CCNC(=O)c1ccc(Cn2cncn2)cc1. The number of amides is 1. The number of carbonyl (C=O) groups excluding carboxylic acids is 1. The third kappa shape index (κ3) is 2.95. The highest BCUT2D eigenvalue weighted by molar-refractivity contribution is 5.94. The van der Waals surface area contributed by atoms with Gasteiger partial charge in [0, 0.05) is 5.56 Å². The fraction of sp³-hybridized carbons (Fsp3) is 0.154. The molecule has 1 amide bonds. The Labute approximate surface area is 105 Å². The van der Waals surface area contributed by atoms with Crippen molar-refractivity contribution in [1.29, 1.82) is 0 Å². The van der Waals surface area contributed by atoms with Gasteiger partial charge in [0.2, 0.25) is 0 Å². The molecule has 2 rings (SSSR count). The van der Waals surface area contributed by atoms with Crippen LogP contribution in [0.2, 0.25) is 0 Å². The Morgan fingerprint density at radius 1 is 1.39 bits per heavy atom. The van der Waals surface area contributed by atoms with Gasteiger partial charge >= 0.3 is 0 Å². The number of carbonyl (C=O) groups is 1. The van der Waals surface area contributed by atoms with Crippen LogP contribution in [0.15, 0.2) is 36.9 Å². The maximum Gasteiger partial charge on any atom is 0.252 e. The Morgan fingerprint density at radius 3 is 2.78 bits per heavy atom. The van der Waals surface area contributed by atoms with Crippen molar-refractivity contribution >= 4 is 5.91 Å². The molecular formula is C13H12N4O. The quantitative estimate of drug-likeness (QED) is 0.800. The van der Waals surface area contributed by atoms with E-state index in [4.69, 9.17) is 6.42 Å². The summed E-state index contributed by atoms with van der Waals surface area (Å²) in [6.45, 7) is 0.867. The number of hydrogen-bond donors (Lipinski definition) is 1. The molecule has 1 aromatic heterocycles. The zero-order valence-electron chi connectivity index (χ0n) is 9.71. The molecule has 0 unspecified atom stereocenters. The van der Waals surface area contributed by atoms with Crippen LogP contribution in [-0.2, 0) is 6.54 Å². The van der Waals surface area contributed by atoms with Crippen molar-refractivity contribution in [3.05, 3.63) is 48.0 Å². The second-order valence-electron chi connectivity index (χ2n) is 3.68. The van der Waals surface area contributed by atoms with Crippen LogP contribution in [0.5, 0.6) is 0 Å². The molecule has 1 heterocycles. The summed E-state index contributed by atoms with van der Waals surface area (Å²) < 4.78 is 1.72. The third-order valence-electron chi connectivity index (χ3n) is 2.38. The van der Waals surface area contributed by atoms with Gasteiger partial charge in [-0.1, -0.05) is 18.1 Å². The topological polar surface area (TPSA) is 59.8 Å². The average molecular weight is 240 g/mol. The molecule has 0 aliphatic rings. The molecule has 0 aliphatic heterocycles. The zero-order valence-corrected chi connectivity index (χ0v) is 9.71. The van der Waals surface area contributed by atoms with E-state index < -0.39 is 0 Å². The van der Waals surface area contributed by atoms with Gasteiger partial charge in [-0.05, 0) is 17.7 Å². The summed E-state index contributed by atoms with van der Waals surface area (Å²) in [6.07, 6.45) is 8.21. The fourth-order valence-electron chi connectivity index (χ4n) is 1.50. The molecule has 0 bridgehead atoms. The highest BCUT2D eigenvalue weighted by atomic mass is 16.1. The molecule has 0 fully saturated rings. The molecule has 0 saturated heterocycles. The van der Waals surface area contributed by atoms with Gasteiger partial charge in [0.1, 0.15) is 12.7 Å². The lowest BCUT2D eigenvalue weighted by Gasteiger charge is -2.04. The second-order valence-corrected chi connectivity index (χ2v) is 3.68. The zero-order chi connectivity index (χ0) is 12.8. The van der Waals surface area contributed by atoms with Crippen LogP contribution in [0.1, 0.15) is 15.9 Å². The van der Waals surface area contributed by atoms with Crippen LogP contribution in [0.3, 0.4) is 0 Å².